The number of anilines is 1. The van der Waals surface area contributed by atoms with E-state index in [-0.39, 0.29) is 5.75 Å². The van der Waals surface area contributed by atoms with Crippen LogP contribution in [0.1, 0.15) is 39.5 Å². The van der Waals surface area contributed by atoms with Crippen LogP contribution in [0, 0.1) is 0 Å². The monoisotopic (exact) mass is 597 g/mol. The molecule has 0 aromatic heterocycles. The first kappa shape index (κ1) is 28.8. The molecule has 0 radical (unpaired) electrons. The third-order valence-electron chi connectivity index (χ3n) is 7.12. The van der Waals surface area contributed by atoms with Gasteiger partial charge in [-0.1, -0.05) is 80.0 Å². The van der Waals surface area contributed by atoms with Gasteiger partial charge in [0.25, 0.3) is 10.1 Å². The van der Waals surface area contributed by atoms with E-state index in [0.29, 0.717) is 13.0 Å². The molecular weight excluding hydrogens is 564 g/mol. The zero-order valence-corrected chi connectivity index (χ0v) is 25.1. The van der Waals surface area contributed by atoms with E-state index >= 15 is 0 Å². The predicted molar refractivity (Wildman–Crippen MR) is 164 cm³/mol. The van der Waals surface area contributed by atoms with E-state index in [1.807, 2.05) is 36.4 Å². The molecule has 2 heterocycles. The van der Waals surface area contributed by atoms with E-state index in [2.05, 4.69) is 55.2 Å². The second kappa shape index (κ2) is 12.4. The molecule has 9 heteroatoms. The van der Waals surface area contributed by atoms with Crippen LogP contribution >= 0.6 is 23.4 Å². The first-order valence-electron chi connectivity index (χ1n) is 13.7. The third-order valence-corrected chi connectivity index (χ3v) is 9.28. The number of halogens is 1. The average Bonchev–Trinajstić information content (AvgIpc) is 3.47. The molecule has 1 atom stereocenters. The summed E-state index contributed by atoms with van der Waals surface area (Å²) in [4.78, 5) is 4.47. The molecule has 210 valence electrons. The highest BCUT2D eigenvalue weighted by Gasteiger charge is 2.36. The van der Waals surface area contributed by atoms with Crippen LogP contribution in [0.25, 0.3) is 11.1 Å². The lowest BCUT2D eigenvalue weighted by Crippen LogP contribution is -3.04. The highest BCUT2D eigenvalue weighted by molar-refractivity contribution is 8.03. The van der Waals surface area contributed by atoms with Crippen molar-refractivity contribution in [2.45, 2.75) is 44.4 Å². The predicted octanol–water partition coefficient (Wildman–Crippen LogP) is 7.07. The number of nitrogens with one attached hydrogen (secondary N) is 1. The molecule has 0 amide bonds. The van der Waals surface area contributed by atoms with E-state index in [4.69, 9.17) is 16.3 Å². The van der Waals surface area contributed by atoms with Gasteiger partial charge >= 0.3 is 5.88 Å². The van der Waals surface area contributed by atoms with Crippen LogP contribution in [-0.2, 0) is 10.1 Å². The Morgan fingerprint density at radius 2 is 1.85 bits per heavy atom. The minimum atomic E-state index is -4.06. The first-order chi connectivity index (χ1) is 19.3. The van der Waals surface area contributed by atoms with Gasteiger partial charge in [-0.15, -0.1) is 0 Å². The largest absolute Gasteiger partial charge is 0.406 e. The Labute approximate surface area is 246 Å². The average molecular weight is 598 g/mol. The normalized spacial score (nSPS) is 18.6. The number of ether oxygens (including phenoxy) is 1. The highest BCUT2D eigenvalue weighted by atomic mass is 35.5. The Balaban J connectivity index is 1.55. The SMILES string of the molecule is CCCCN1C(=CC(CC)=C2Oc3ccc(-c4ccccc4)cc3[NH+]2CCCS(=O)(=O)O)Sc2ccc(Cl)cc21. The molecule has 0 aliphatic carbocycles. The zero-order chi connectivity index (χ0) is 28.3. The van der Waals surface area contributed by atoms with Gasteiger partial charge in [0.1, 0.15) is 0 Å². The standard InChI is InChI=1S/C31H33ClN2O4S2/c1-3-5-16-33-27-21-25(32)13-15-29(27)39-30(33)20-22(4-2)31-34(17-9-18-40(35,36)37)26-19-24(12-14-28(26)38-31)23-10-7-6-8-11-23/h6-8,10-15,19-21H,3-5,9,16-18H2,1-2H3,(H,35,36,37)/p+1. The number of fused-ring (bicyclic) bond motifs is 2. The summed E-state index contributed by atoms with van der Waals surface area (Å²) in [6.07, 6.45) is 5.37. The summed E-state index contributed by atoms with van der Waals surface area (Å²) < 4.78 is 38.9. The fourth-order valence-corrected chi connectivity index (χ4v) is 6.92. The van der Waals surface area contributed by atoms with E-state index in [1.165, 1.54) is 4.90 Å². The van der Waals surface area contributed by atoms with Crippen LogP contribution in [0.5, 0.6) is 5.75 Å². The minimum Gasteiger partial charge on any atom is -0.406 e. The van der Waals surface area contributed by atoms with Crippen LogP contribution in [-0.4, -0.2) is 31.8 Å². The van der Waals surface area contributed by atoms with Gasteiger partial charge in [0.2, 0.25) is 0 Å². The summed E-state index contributed by atoms with van der Waals surface area (Å²) in [7, 11) is -4.06. The Bertz CT molecular complexity index is 1550. The van der Waals surface area contributed by atoms with Crippen LogP contribution in [0.15, 0.2) is 94.2 Å². The molecule has 0 saturated carbocycles. The number of hydrogen-bond donors (Lipinski definition) is 2. The van der Waals surface area contributed by atoms with Crippen molar-refractivity contribution in [3.63, 3.8) is 0 Å². The quantitative estimate of drug-likeness (QED) is 0.244. The first-order valence-corrected chi connectivity index (χ1v) is 16.5. The van der Waals surface area contributed by atoms with Gasteiger partial charge in [-0.3, -0.25) is 4.55 Å². The second-order valence-electron chi connectivity index (χ2n) is 9.96. The molecule has 2 aliphatic heterocycles. The van der Waals surface area contributed by atoms with Crippen molar-refractivity contribution in [3.8, 4) is 16.9 Å². The highest BCUT2D eigenvalue weighted by Crippen LogP contribution is 2.47. The molecule has 0 fully saturated rings. The van der Waals surface area contributed by atoms with Gasteiger partial charge in [0.15, 0.2) is 11.4 Å². The van der Waals surface area contributed by atoms with Crippen LogP contribution in [0.4, 0.5) is 11.4 Å². The molecule has 6 nitrogen and oxygen atoms in total. The van der Waals surface area contributed by atoms with Crippen molar-refractivity contribution >= 4 is 44.9 Å². The van der Waals surface area contributed by atoms with Crippen molar-refractivity contribution in [2.24, 2.45) is 0 Å². The van der Waals surface area contributed by atoms with E-state index in [0.717, 1.165) is 80.5 Å². The summed E-state index contributed by atoms with van der Waals surface area (Å²) in [5, 5.41) is 1.84. The lowest BCUT2D eigenvalue weighted by atomic mass is 10.0. The molecular formula is C31H34ClN2O4S2+. The second-order valence-corrected chi connectivity index (χ2v) is 13.0. The molecule has 0 saturated heterocycles. The van der Waals surface area contributed by atoms with Gasteiger partial charge < -0.3 is 9.64 Å². The maximum Gasteiger partial charge on any atom is 0.304 e. The smallest absolute Gasteiger partial charge is 0.304 e. The Hall–Kier alpha value is -2.75. The topological polar surface area (TPSA) is 71.3 Å². The van der Waals surface area contributed by atoms with E-state index in [9.17, 15) is 13.0 Å². The van der Waals surface area contributed by atoms with Crippen molar-refractivity contribution < 1.29 is 22.6 Å². The number of unbranched alkanes of at least 4 members (excludes halogenated alkanes) is 1. The molecule has 3 aromatic carbocycles. The lowest BCUT2D eigenvalue weighted by molar-refractivity contribution is -0.796. The van der Waals surface area contributed by atoms with Crippen LogP contribution in [0.3, 0.4) is 0 Å². The summed E-state index contributed by atoms with van der Waals surface area (Å²) in [6, 6.07) is 22.3. The number of thioether (sulfide) groups is 1. The Kier molecular flexibility index (Phi) is 8.92. The number of nitrogens with zero attached hydrogens (tertiary/aromatic N) is 1. The molecule has 2 N–H and O–H groups in total. The van der Waals surface area contributed by atoms with Crippen molar-refractivity contribution in [3.05, 3.63) is 94.3 Å². The maximum atomic E-state index is 11.5. The van der Waals surface area contributed by atoms with Crippen molar-refractivity contribution in [1.29, 1.82) is 0 Å². The van der Waals surface area contributed by atoms with Crippen LogP contribution in [0.2, 0.25) is 5.02 Å². The summed E-state index contributed by atoms with van der Waals surface area (Å²) >= 11 is 8.10. The van der Waals surface area contributed by atoms with Crippen molar-refractivity contribution in [2.75, 3.05) is 23.7 Å². The Morgan fingerprint density at radius 1 is 1.05 bits per heavy atom. The summed E-state index contributed by atoms with van der Waals surface area (Å²) in [5.41, 5.74) is 5.30. The van der Waals surface area contributed by atoms with Crippen LogP contribution < -0.4 is 14.5 Å². The summed E-state index contributed by atoms with van der Waals surface area (Å²) in [6.45, 7) is 5.65. The molecule has 40 heavy (non-hydrogen) atoms. The van der Waals surface area contributed by atoms with E-state index in [1.54, 1.807) is 11.8 Å². The molecule has 3 aromatic rings. The zero-order valence-electron chi connectivity index (χ0n) is 22.7. The maximum absolute atomic E-state index is 11.5. The van der Waals surface area contributed by atoms with Crippen molar-refractivity contribution in [1.82, 2.24) is 0 Å². The molecule has 5 rings (SSSR count). The van der Waals surface area contributed by atoms with Gasteiger partial charge in [-0.2, -0.15) is 8.42 Å². The van der Waals surface area contributed by atoms with E-state index < -0.39 is 10.1 Å². The van der Waals surface area contributed by atoms with Gasteiger partial charge in [0, 0.05) is 29.0 Å². The third kappa shape index (κ3) is 6.42. The number of allylic oxidation sites excluding steroid dienone is 2. The number of hydrogen-bond acceptors (Lipinski definition) is 5. The lowest BCUT2D eigenvalue weighted by Gasteiger charge is -2.21. The number of benzene rings is 3. The minimum absolute atomic E-state index is 0.295. The molecule has 2 aliphatic rings. The number of quaternary nitrogens is 1. The van der Waals surface area contributed by atoms with Gasteiger partial charge in [-0.25, -0.2) is 4.90 Å². The summed E-state index contributed by atoms with van der Waals surface area (Å²) in [5.74, 6) is 1.24. The number of rotatable bonds is 10. The Morgan fingerprint density at radius 3 is 2.58 bits per heavy atom. The fraction of sp³-hybridized carbons (Fsp3) is 0.290. The molecule has 0 spiro atoms. The molecule has 0 bridgehead atoms. The van der Waals surface area contributed by atoms with Gasteiger partial charge in [0.05, 0.1) is 28.6 Å². The van der Waals surface area contributed by atoms with Gasteiger partial charge in [-0.05, 0) is 54.3 Å². The fourth-order valence-electron chi connectivity index (χ4n) is 5.10. The molecule has 1 unspecified atom stereocenters.